The van der Waals surface area contributed by atoms with Gasteiger partial charge in [0.1, 0.15) is 17.0 Å². The molecule has 7 rings (SSSR count). The first-order valence-electron chi connectivity index (χ1n) is 12.3. The van der Waals surface area contributed by atoms with Crippen LogP contribution in [0.3, 0.4) is 0 Å². The fourth-order valence-electron chi connectivity index (χ4n) is 4.93. The third-order valence-electron chi connectivity index (χ3n) is 6.76. The molecular weight excluding hydrogens is 489 g/mol. The highest BCUT2D eigenvalue weighted by Gasteiger charge is 2.19. The molecule has 0 aromatic carbocycles. The quantitative estimate of drug-likeness (QED) is 0.272. The number of nitrogens with one attached hydrogen (secondary N) is 2. The van der Waals surface area contributed by atoms with E-state index < -0.39 is 0 Å². The molecule has 0 bridgehead atoms. The molecule has 1 aliphatic carbocycles. The molecule has 1 fully saturated rings. The number of pyridine rings is 3. The van der Waals surface area contributed by atoms with Gasteiger partial charge in [0.15, 0.2) is 16.6 Å². The van der Waals surface area contributed by atoms with Crippen LogP contribution < -0.4 is 4.74 Å². The SMILES string of the molecule is Fc1ccc(-c2ccnc3[nH]c(-c4n[nH]c5cnc(-c6cncc(OC7CCCCC7)c6)cc45)nc23)s1. The van der Waals surface area contributed by atoms with Crippen molar-refractivity contribution in [1.82, 2.24) is 35.1 Å². The van der Waals surface area contributed by atoms with Crippen molar-refractivity contribution in [1.29, 1.82) is 0 Å². The highest BCUT2D eigenvalue weighted by atomic mass is 32.1. The second-order valence-corrected chi connectivity index (χ2v) is 10.3. The van der Waals surface area contributed by atoms with Crippen molar-refractivity contribution in [3.63, 3.8) is 0 Å². The fourth-order valence-corrected chi connectivity index (χ4v) is 5.69. The van der Waals surface area contributed by atoms with Gasteiger partial charge < -0.3 is 9.72 Å². The maximum Gasteiger partial charge on any atom is 0.176 e. The molecule has 8 nitrogen and oxygen atoms in total. The van der Waals surface area contributed by atoms with E-state index in [-0.39, 0.29) is 11.2 Å². The Kier molecular flexibility index (Phi) is 5.39. The first-order valence-corrected chi connectivity index (χ1v) is 13.1. The Morgan fingerprint density at radius 3 is 2.78 bits per heavy atom. The molecule has 6 heterocycles. The number of imidazole rings is 1. The minimum Gasteiger partial charge on any atom is -0.489 e. The molecular formula is C27H22FN7OS. The summed E-state index contributed by atoms with van der Waals surface area (Å²) in [6.45, 7) is 0. The average molecular weight is 512 g/mol. The van der Waals surface area contributed by atoms with E-state index in [0.717, 1.165) is 62.5 Å². The number of ether oxygens (including phenoxy) is 1. The minimum atomic E-state index is -0.239. The van der Waals surface area contributed by atoms with Gasteiger partial charge >= 0.3 is 0 Å². The van der Waals surface area contributed by atoms with E-state index in [1.807, 2.05) is 18.2 Å². The lowest BCUT2D eigenvalue weighted by Crippen LogP contribution is -2.19. The van der Waals surface area contributed by atoms with Crippen LogP contribution in [0, 0.1) is 5.13 Å². The zero-order chi connectivity index (χ0) is 24.8. The third-order valence-corrected chi connectivity index (χ3v) is 7.67. The second kappa shape index (κ2) is 9.04. The minimum absolute atomic E-state index is 0.239. The molecule has 0 saturated heterocycles. The number of aromatic nitrogens is 7. The van der Waals surface area contributed by atoms with Gasteiger partial charge in [0.25, 0.3) is 0 Å². The number of hydrogen-bond acceptors (Lipinski definition) is 7. The standard InChI is InChI=1S/C27H22FN7OS/c28-23-7-6-22(37-23)18-8-9-30-26-24(18)32-27(33-26)25-19-11-20(31-14-21(19)34-35-25)15-10-17(13-29-12-15)36-16-4-2-1-3-5-16/h6-14,16H,1-5H2,(H,34,35)(H,30,32,33). The summed E-state index contributed by atoms with van der Waals surface area (Å²) in [6.07, 6.45) is 13.1. The lowest BCUT2D eigenvalue weighted by molar-refractivity contribution is 0.154. The van der Waals surface area contributed by atoms with Crippen LogP contribution in [0.5, 0.6) is 5.75 Å². The van der Waals surface area contributed by atoms with Crippen LogP contribution in [0.15, 0.2) is 55.1 Å². The highest BCUT2D eigenvalue weighted by Crippen LogP contribution is 2.34. The maximum atomic E-state index is 13.7. The van der Waals surface area contributed by atoms with E-state index in [0.29, 0.717) is 22.7 Å². The topological polar surface area (TPSA) is 105 Å². The van der Waals surface area contributed by atoms with Gasteiger partial charge in [-0.15, -0.1) is 11.3 Å². The number of aromatic amines is 2. The lowest BCUT2D eigenvalue weighted by Gasteiger charge is -2.22. The van der Waals surface area contributed by atoms with Crippen molar-refractivity contribution in [2.45, 2.75) is 38.2 Å². The number of fused-ring (bicyclic) bond motifs is 2. The highest BCUT2D eigenvalue weighted by molar-refractivity contribution is 7.14. The second-order valence-electron chi connectivity index (χ2n) is 9.22. The van der Waals surface area contributed by atoms with Gasteiger partial charge in [0.05, 0.1) is 29.7 Å². The monoisotopic (exact) mass is 511 g/mol. The summed E-state index contributed by atoms with van der Waals surface area (Å²) in [5.74, 6) is 1.34. The largest absolute Gasteiger partial charge is 0.489 e. The van der Waals surface area contributed by atoms with E-state index in [1.54, 1.807) is 30.9 Å². The fraction of sp³-hybridized carbons (Fsp3) is 0.222. The first-order chi connectivity index (χ1) is 18.2. The van der Waals surface area contributed by atoms with E-state index in [4.69, 9.17) is 9.72 Å². The van der Waals surface area contributed by atoms with Gasteiger partial charge in [-0.05, 0) is 56.0 Å². The predicted octanol–water partition coefficient (Wildman–Crippen LogP) is 6.54. The Bertz CT molecular complexity index is 1730. The summed E-state index contributed by atoms with van der Waals surface area (Å²) < 4.78 is 19.9. The van der Waals surface area contributed by atoms with Gasteiger partial charge in [0, 0.05) is 33.8 Å². The smallest absolute Gasteiger partial charge is 0.176 e. The molecule has 0 aliphatic heterocycles. The van der Waals surface area contributed by atoms with Crippen molar-refractivity contribution in [2.75, 3.05) is 0 Å². The van der Waals surface area contributed by atoms with Gasteiger partial charge in [-0.2, -0.15) is 9.49 Å². The lowest BCUT2D eigenvalue weighted by atomic mass is 9.98. The molecule has 37 heavy (non-hydrogen) atoms. The molecule has 1 saturated carbocycles. The Morgan fingerprint density at radius 1 is 1.00 bits per heavy atom. The predicted molar refractivity (Wildman–Crippen MR) is 141 cm³/mol. The normalized spacial score (nSPS) is 14.5. The number of nitrogens with zero attached hydrogens (tertiary/aromatic N) is 5. The zero-order valence-electron chi connectivity index (χ0n) is 19.7. The van der Waals surface area contributed by atoms with Gasteiger partial charge in [-0.3, -0.25) is 15.1 Å². The Balaban J connectivity index is 1.26. The molecule has 184 valence electrons. The van der Waals surface area contributed by atoms with Crippen LogP contribution in [0.1, 0.15) is 32.1 Å². The summed E-state index contributed by atoms with van der Waals surface area (Å²) in [4.78, 5) is 22.3. The molecule has 0 spiro atoms. The molecule has 10 heteroatoms. The maximum absolute atomic E-state index is 13.7. The summed E-state index contributed by atoms with van der Waals surface area (Å²) in [5.41, 5.74) is 5.18. The van der Waals surface area contributed by atoms with Crippen LogP contribution in [0.4, 0.5) is 4.39 Å². The van der Waals surface area contributed by atoms with Crippen LogP contribution in [-0.2, 0) is 0 Å². The van der Waals surface area contributed by atoms with Crippen molar-refractivity contribution in [3.05, 3.63) is 60.3 Å². The van der Waals surface area contributed by atoms with Gasteiger partial charge in [0.2, 0.25) is 0 Å². The van der Waals surface area contributed by atoms with Crippen LogP contribution in [0.25, 0.3) is 55.3 Å². The molecule has 0 unspecified atom stereocenters. The summed E-state index contributed by atoms with van der Waals surface area (Å²) in [6, 6.07) is 9.03. The summed E-state index contributed by atoms with van der Waals surface area (Å²) >= 11 is 1.08. The van der Waals surface area contributed by atoms with Gasteiger partial charge in [-0.1, -0.05) is 6.42 Å². The van der Waals surface area contributed by atoms with Crippen LogP contribution in [0.2, 0.25) is 0 Å². The van der Waals surface area contributed by atoms with Gasteiger partial charge in [-0.25, -0.2) is 9.97 Å². The Morgan fingerprint density at radius 2 is 1.92 bits per heavy atom. The third kappa shape index (κ3) is 4.13. The first kappa shape index (κ1) is 22.1. The van der Waals surface area contributed by atoms with Crippen molar-refractivity contribution < 1.29 is 9.13 Å². The average Bonchev–Trinajstić information content (AvgIpc) is 3.66. The molecule has 6 aromatic heterocycles. The van der Waals surface area contributed by atoms with Crippen LogP contribution >= 0.6 is 11.3 Å². The molecule has 2 N–H and O–H groups in total. The number of H-pyrrole nitrogens is 2. The molecule has 0 radical (unpaired) electrons. The Hall–Kier alpha value is -4.18. The molecule has 1 aliphatic rings. The van der Waals surface area contributed by atoms with E-state index >= 15 is 0 Å². The van der Waals surface area contributed by atoms with E-state index in [9.17, 15) is 4.39 Å². The molecule has 0 atom stereocenters. The van der Waals surface area contributed by atoms with Crippen molar-refractivity contribution in [2.24, 2.45) is 0 Å². The zero-order valence-corrected chi connectivity index (χ0v) is 20.6. The number of rotatable bonds is 5. The Labute approximate surface area is 215 Å². The summed E-state index contributed by atoms with van der Waals surface area (Å²) in [5, 5.41) is 8.18. The number of hydrogen-bond donors (Lipinski definition) is 2. The summed E-state index contributed by atoms with van der Waals surface area (Å²) in [7, 11) is 0. The van der Waals surface area contributed by atoms with E-state index in [2.05, 4.69) is 30.1 Å². The van der Waals surface area contributed by atoms with Crippen molar-refractivity contribution in [3.8, 4) is 39.0 Å². The number of thiophene rings is 1. The number of halogens is 1. The van der Waals surface area contributed by atoms with Crippen molar-refractivity contribution >= 4 is 33.4 Å². The van der Waals surface area contributed by atoms with E-state index in [1.165, 1.54) is 25.3 Å². The molecule has 6 aromatic rings. The van der Waals surface area contributed by atoms with Crippen LogP contribution in [-0.4, -0.2) is 41.2 Å². The molecule has 0 amide bonds.